The number of hydrogen-bond acceptors (Lipinski definition) is 3. The Kier molecular flexibility index (Phi) is 2.92. The van der Waals surface area contributed by atoms with Gasteiger partial charge in [0.1, 0.15) is 0 Å². The lowest BCUT2D eigenvalue weighted by molar-refractivity contribution is 0.863. The van der Waals surface area contributed by atoms with Crippen molar-refractivity contribution in [3.63, 3.8) is 0 Å². The minimum atomic E-state index is 0.782. The summed E-state index contributed by atoms with van der Waals surface area (Å²) >= 11 is 0. The summed E-state index contributed by atoms with van der Waals surface area (Å²) in [5.41, 5.74) is 10.4. The van der Waals surface area contributed by atoms with Gasteiger partial charge in [-0.25, -0.2) is 0 Å². The van der Waals surface area contributed by atoms with Gasteiger partial charge in [0.15, 0.2) is 0 Å². The van der Waals surface area contributed by atoms with E-state index < -0.39 is 0 Å². The summed E-state index contributed by atoms with van der Waals surface area (Å²) in [6, 6.07) is 3.98. The summed E-state index contributed by atoms with van der Waals surface area (Å²) in [6.45, 7) is 0.940. The molecule has 0 aliphatic heterocycles. The van der Waals surface area contributed by atoms with Gasteiger partial charge in [-0.2, -0.15) is 5.10 Å². The molecule has 4 heteroatoms. The zero-order chi connectivity index (χ0) is 12.4. The average molecular weight is 242 g/mol. The number of rotatable bonds is 4. The molecular formula is C14H18N4. The standard InChI is InChI=1S/C14H18N4/c15-12-7-11-9-17-18-13(11)8-14(12)16-6-5-10-3-1-2-4-10/h3,7-9,16H,1-2,4-6,15H2,(H,17,18). The van der Waals surface area contributed by atoms with Crippen LogP contribution in [0.25, 0.3) is 10.9 Å². The Morgan fingerprint density at radius 3 is 3.17 bits per heavy atom. The molecule has 0 atom stereocenters. The normalized spacial score (nSPS) is 15.0. The number of nitrogen functional groups attached to an aromatic ring is 1. The molecule has 4 N–H and O–H groups in total. The molecule has 0 fully saturated rings. The first-order chi connectivity index (χ1) is 8.83. The van der Waals surface area contributed by atoms with E-state index >= 15 is 0 Å². The number of aromatic nitrogens is 2. The van der Waals surface area contributed by atoms with Crippen molar-refractivity contribution in [2.75, 3.05) is 17.6 Å². The van der Waals surface area contributed by atoms with Crippen LogP contribution in [0.2, 0.25) is 0 Å². The van der Waals surface area contributed by atoms with Crippen molar-refractivity contribution in [3.8, 4) is 0 Å². The van der Waals surface area contributed by atoms with Gasteiger partial charge >= 0.3 is 0 Å². The molecular weight excluding hydrogens is 224 g/mol. The van der Waals surface area contributed by atoms with E-state index in [1.807, 2.05) is 12.1 Å². The molecule has 0 saturated carbocycles. The molecule has 0 radical (unpaired) electrons. The van der Waals surface area contributed by atoms with E-state index in [1.165, 1.54) is 19.3 Å². The fraction of sp³-hybridized carbons (Fsp3) is 0.357. The van der Waals surface area contributed by atoms with Gasteiger partial charge in [0.2, 0.25) is 0 Å². The minimum absolute atomic E-state index is 0.782. The number of H-pyrrole nitrogens is 1. The summed E-state index contributed by atoms with van der Waals surface area (Å²) in [7, 11) is 0. The highest BCUT2D eigenvalue weighted by atomic mass is 15.1. The topological polar surface area (TPSA) is 66.7 Å². The van der Waals surface area contributed by atoms with Crippen molar-refractivity contribution in [1.29, 1.82) is 0 Å². The van der Waals surface area contributed by atoms with E-state index in [4.69, 9.17) is 5.73 Å². The Hall–Kier alpha value is -1.97. The second-order valence-corrected chi connectivity index (χ2v) is 4.83. The number of aromatic amines is 1. The van der Waals surface area contributed by atoms with Crippen LogP contribution >= 0.6 is 0 Å². The lowest BCUT2D eigenvalue weighted by Crippen LogP contribution is -2.04. The molecule has 0 unspecified atom stereocenters. The summed E-state index contributed by atoms with van der Waals surface area (Å²) in [6.07, 6.45) is 9.09. The quantitative estimate of drug-likeness (QED) is 0.570. The molecule has 4 nitrogen and oxygen atoms in total. The highest BCUT2D eigenvalue weighted by Gasteiger charge is 2.06. The van der Waals surface area contributed by atoms with Gasteiger partial charge in [-0.1, -0.05) is 11.6 Å². The van der Waals surface area contributed by atoms with Crippen LogP contribution in [-0.4, -0.2) is 16.7 Å². The highest BCUT2D eigenvalue weighted by Crippen LogP contribution is 2.25. The second-order valence-electron chi connectivity index (χ2n) is 4.83. The number of allylic oxidation sites excluding steroid dienone is 1. The second kappa shape index (κ2) is 4.72. The van der Waals surface area contributed by atoms with E-state index in [1.54, 1.807) is 11.8 Å². The van der Waals surface area contributed by atoms with Crippen molar-refractivity contribution in [2.24, 2.45) is 0 Å². The molecule has 1 aromatic carbocycles. The molecule has 0 bridgehead atoms. The van der Waals surface area contributed by atoms with Crippen molar-refractivity contribution >= 4 is 22.3 Å². The van der Waals surface area contributed by atoms with E-state index in [2.05, 4.69) is 21.6 Å². The lowest BCUT2D eigenvalue weighted by Gasteiger charge is -2.10. The molecule has 0 spiro atoms. The van der Waals surface area contributed by atoms with E-state index in [0.29, 0.717) is 0 Å². The van der Waals surface area contributed by atoms with Crippen LogP contribution in [0.1, 0.15) is 25.7 Å². The third-order valence-corrected chi connectivity index (χ3v) is 3.51. The highest BCUT2D eigenvalue weighted by molar-refractivity contribution is 5.88. The first-order valence-corrected chi connectivity index (χ1v) is 6.47. The van der Waals surface area contributed by atoms with Crippen LogP contribution in [0.15, 0.2) is 30.0 Å². The Morgan fingerprint density at radius 2 is 2.33 bits per heavy atom. The van der Waals surface area contributed by atoms with Gasteiger partial charge in [0.05, 0.1) is 23.1 Å². The van der Waals surface area contributed by atoms with Crippen LogP contribution in [-0.2, 0) is 0 Å². The number of anilines is 2. The molecule has 94 valence electrons. The van der Waals surface area contributed by atoms with Crippen LogP contribution in [0.4, 0.5) is 11.4 Å². The number of fused-ring (bicyclic) bond motifs is 1. The van der Waals surface area contributed by atoms with E-state index in [-0.39, 0.29) is 0 Å². The predicted octanol–water partition coefficient (Wildman–Crippen LogP) is 3.06. The van der Waals surface area contributed by atoms with Crippen LogP contribution in [0.3, 0.4) is 0 Å². The monoisotopic (exact) mass is 242 g/mol. The summed E-state index contributed by atoms with van der Waals surface area (Å²) in [4.78, 5) is 0. The van der Waals surface area contributed by atoms with Crippen LogP contribution in [0, 0.1) is 0 Å². The predicted molar refractivity (Wildman–Crippen MR) is 75.5 cm³/mol. The maximum absolute atomic E-state index is 6.02. The molecule has 18 heavy (non-hydrogen) atoms. The maximum Gasteiger partial charge on any atom is 0.0672 e. The molecule has 1 aromatic heterocycles. The van der Waals surface area contributed by atoms with Crippen molar-refractivity contribution in [2.45, 2.75) is 25.7 Å². The molecule has 1 aliphatic carbocycles. The first kappa shape index (κ1) is 11.1. The van der Waals surface area contributed by atoms with Gasteiger partial charge in [0.25, 0.3) is 0 Å². The average Bonchev–Trinajstić information content (AvgIpc) is 3.00. The summed E-state index contributed by atoms with van der Waals surface area (Å²) < 4.78 is 0. The Balaban J connectivity index is 1.67. The summed E-state index contributed by atoms with van der Waals surface area (Å²) in [5.74, 6) is 0. The lowest BCUT2D eigenvalue weighted by atomic mass is 10.1. The Morgan fingerprint density at radius 1 is 1.39 bits per heavy atom. The van der Waals surface area contributed by atoms with Crippen molar-refractivity contribution in [1.82, 2.24) is 10.2 Å². The molecule has 1 aliphatic rings. The van der Waals surface area contributed by atoms with Gasteiger partial charge < -0.3 is 11.1 Å². The smallest absolute Gasteiger partial charge is 0.0672 e. The fourth-order valence-electron chi connectivity index (χ4n) is 2.48. The van der Waals surface area contributed by atoms with Crippen molar-refractivity contribution < 1.29 is 0 Å². The van der Waals surface area contributed by atoms with Gasteiger partial charge in [-0.15, -0.1) is 0 Å². The zero-order valence-electron chi connectivity index (χ0n) is 10.4. The van der Waals surface area contributed by atoms with Crippen LogP contribution < -0.4 is 11.1 Å². The number of nitrogens with two attached hydrogens (primary N) is 1. The SMILES string of the molecule is Nc1cc2cn[nH]c2cc1NCCC1=CCCC1. The Labute approximate surface area is 106 Å². The number of benzene rings is 1. The molecule has 1 heterocycles. The van der Waals surface area contributed by atoms with Gasteiger partial charge in [-0.3, -0.25) is 5.10 Å². The summed E-state index contributed by atoms with van der Waals surface area (Å²) in [5, 5.41) is 11.4. The van der Waals surface area contributed by atoms with Gasteiger partial charge in [0, 0.05) is 11.9 Å². The van der Waals surface area contributed by atoms with Gasteiger partial charge in [-0.05, 0) is 37.8 Å². The number of hydrogen-bond donors (Lipinski definition) is 3. The molecule has 3 rings (SSSR count). The zero-order valence-corrected chi connectivity index (χ0v) is 10.4. The molecule has 0 amide bonds. The fourth-order valence-corrected chi connectivity index (χ4v) is 2.48. The molecule has 2 aromatic rings. The number of nitrogens with zero attached hydrogens (tertiary/aromatic N) is 1. The first-order valence-electron chi connectivity index (χ1n) is 6.47. The number of nitrogens with one attached hydrogen (secondary N) is 2. The van der Waals surface area contributed by atoms with Crippen LogP contribution in [0.5, 0.6) is 0 Å². The Bertz CT molecular complexity index is 582. The largest absolute Gasteiger partial charge is 0.397 e. The molecule has 0 saturated heterocycles. The third-order valence-electron chi connectivity index (χ3n) is 3.51. The van der Waals surface area contributed by atoms with E-state index in [0.717, 1.165) is 35.2 Å². The van der Waals surface area contributed by atoms with E-state index in [9.17, 15) is 0 Å². The van der Waals surface area contributed by atoms with Crippen molar-refractivity contribution in [3.05, 3.63) is 30.0 Å². The minimum Gasteiger partial charge on any atom is -0.397 e. The third kappa shape index (κ3) is 2.18. The maximum atomic E-state index is 6.02.